The number of pyridine rings is 1. The number of carbonyl (C=O) groups excluding carboxylic acids is 2. The van der Waals surface area contributed by atoms with Crippen LogP contribution in [0.5, 0.6) is 5.75 Å². The van der Waals surface area contributed by atoms with Crippen LogP contribution in [0.2, 0.25) is 0 Å². The van der Waals surface area contributed by atoms with Crippen molar-refractivity contribution in [2.75, 3.05) is 12.8 Å². The van der Waals surface area contributed by atoms with Crippen molar-refractivity contribution in [2.45, 2.75) is 62.4 Å². The third kappa shape index (κ3) is 5.37. The maximum atomic E-state index is 14.3. The van der Waals surface area contributed by atoms with Crippen molar-refractivity contribution in [1.82, 2.24) is 20.3 Å². The minimum Gasteiger partial charge on any atom is -0.483 e. The van der Waals surface area contributed by atoms with Gasteiger partial charge in [-0.25, -0.2) is 13.2 Å². The molecule has 3 aliphatic heterocycles. The predicted molar refractivity (Wildman–Crippen MR) is 157 cm³/mol. The highest BCUT2D eigenvalue weighted by Crippen LogP contribution is 2.47. The lowest BCUT2D eigenvalue weighted by Crippen LogP contribution is -2.52. The van der Waals surface area contributed by atoms with Crippen LogP contribution in [0.15, 0.2) is 53.5 Å². The highest BCUT2D eigenvalue weighted by atomic mass is 32.2. The molecule has 4 atom stereocenters. The lowest BCUT2D eigenvalue weighted by Gasteiger charge is -2.42. The molecule has 9 nitrogen and oxygen atoms in total. The molecule has 2 aromatic carbocycles. The van der Waals surface area contributed by atoms with E-state index in [1.54, 1.807) is 33.4 Å². The van der Waals surface area contributed by atoms with E-state index in [4.69, 9.17) is 9.57 Å². The molecule has 0 aliphatic carbocycles. The summed E-state index contributed by atoms with van der Waals surface area (Å²) in [5.41, 5.74) is 1.31. The summed E-state index contributed by atoms with van der Waals surface area (Å²) in [6.07, 6.45) is 5.16. The Morgan fingerprint density at radius 1 is 1.18 bits per heavy atom. The fourth-order valence-electron chi connectivity index (χ4n) is 6.23. The smallest absolute Gasteiger partial charge is 0.274 e. The molecule has 0 saturated carbocycles. The van der Waals surface area contributed by atoms with E-state index in [0.717, 1.165) is 5.56 Å². The fraction of sp³-hybridized carbons (Fsp3) is 0.387. The van der Waals surface area contributed by atoms with Gasteiger partial charge in [-0.05, 0) is 31.6 Å². The Bertz CT molecular complexity index is 1650. The maximum Gasteiger partial charge on any atom is 0.274 e. The maximum absolute atomic E-state index is 14.3. The summed E-state index contributed by atoms with van der Waals surface area (Å²) in [7, 11) is 0. The summed E-state index contributed by atoms with van der Waals surface area (Å²) in [4.78, 5) is 49.4. The quantitative estimate of drug-likeness (QED) is 0.402. The van der Waals surface area contributed by atoms with Crippen LogP contribution in [0.25, 0.3) is 0 Å². The summed E-state index contributed by atoms with van der Waals surface area (Å²) in [5, 5.41) is 2.37. The molecule has 13 heteroatoms. The van der Waals surface area contributed by atoms with E-state index in [-0.39, 0.29) is 41.6 Å². The van der Waals surface area contributed by atoms with Gasteiger partial charge >= 0.3 is 0 Å². The molecule has 0 radical (unpaired) electrons. The normalized spacial score (nSPS) is 24.2. The number of nitrogens with zero attached hydrogens (tertiary/aromatic N) is 2. The van der Waals surface area contributed by atoms with E-state index in [2.05, 4.69) is 10.8 Å². The van der Waals surface area contributed by atoms with Gasteiger partial charge in [-0.15, -0.1) is 11.8 Å². The van der Waals surface area contributed by atoms with E-state index in [9.17, 15) is 27.6 Å². The number of carbonyl (C=O) groups is 2. The summed E-state index contributed by atoms with van der Waals surface area (Å²) in [6, 6.07) is 9.44. The van der Waals surface area contributed by atoms with Gasteiger partial charge in [-0.1, -0.05) is 30.3 Å². The van der Waals surface area contributed by atoms with Crippen LogP contribution in [0, 0.1) is 17.5 Å². The predicted octanol–water partition coefficient (Wildman–Crippen LogP) is 4.31. The first-order chi connectivity index (χ1) is 21.1. The van der Waals surface area contributed by atoms with Crippen molar-refractivity contribution in [3.8, 4) is 5.75 Å². The largest absolute Gasteiger partial charge is 0.483 e. The second-order valence-electron chi connectivity index (χ2n) is 11.3. The van der Waals surface area contributed by atoms with Crippen molar-refractivity contribution in [2.24, 2.45) is 0 Å². The molecule has 3 aliphatic rings. The van der Waals surface area contributed by atoms with Crippen LogP contribution < -0.4 is 21.0 Å². The van der Waals surface area contributed by atoms with Crippen LogP contribution in [-0.2, 0) is 18.0 Å². The molecule has 2 N–H and O–H groups in total. The van der Waals surface area contributed by atoms with Crippen LogP contribution in [0.3, 0.4) is 0 Å². The molecule has 2 fully saturated rings. The van der Waals surface area contributed by atoms with Crippen molar-refractivity contribution < 1.29 is 32.3 Å². The van der Waals surface area contributed by atoms with E-state index in [0.29, 0.717) is 31.4 Å². The number of halogens is 3. The molecule has 1 spiro atoms. The average molecular weight is 629 g/mol. The molecular weight excluding hydrogens is 597 g/mol. The van der Waals surface area contributed by atoms with Gasteiger partial charge in [0.2, 0.25) is 5.43 Å². The van der Waals surface area contributed by atoms with Gasteiger partial charge in [0.15, 0.2) is 11.4 Å². The molecule has 2 amide bonds. The zero-order valence-electron chi connectivity index (χ0n) is 24.1. The number of rotatable bonds is 7. The van der Waals surface area contributed by atoms with Crippen LogP contribution >= 0.6 is 11.8 Å². The summed E-state index contributed by atoms with van der Waals surface area (Å²) >= 11 is 1.60. The Morgan fingerprint density at radius 3 is 2.59 bits per heavy atom. The van der Waals surface area contributed by atoms with Gasteiger partial charge in [0.25, 0.3) is 11.8 Å². The van der Waals surface area contributed by atoms with Crippen LogP contribution in [-0.4, -0.2) is 51.1 Å². The Hall–Kier alpha value is -3.81. The van der Waals surface area contributed by atoms with Gasteiger partial charge in [0.1, 0.15) is 35.2 Å². The van der Waals surface area contributed by atoms with Crippen molar-refractivity contribution in [3.63, 3.8) is 0 Å². The van der Waals surface area contributed by atoms with Gasteiger partial charge in [0, 0.05) is 49.4 Å². The summed E-state index contributed by atoms with van der Waals surface area (Å²) in [5.74, 6) is -5.08. The third-order valence-corrected chi connectivity index (χ3v) is 9.53. The number of aromatic nitrogens is 1. The zero-order valence-corrected chi connectivity index (χ0v) is 24.9. The van der Waals surface area contributed by atoms with Gasteiger partial charge < -0.3 is 19.5 Å². The molecule has 4 heterocycles. The topological polar surface area (TPSA) is 102 Å². The molecule has 2 saturated heterocycles. The lowest BCUT2D eigenvalue weighted by atomic mass is 9.85. The van der Waals surface area contributed by atoms with E-state index >= 15 is 0 Å². The molecule has 2 bridgehead atoms. The highest BCUT2D eigenvalue weighted by molar-refractivity contribution is 7.99. The third-order valence-electron chi connectivity index (χ3n) is 8.70. The van der Waals surface area contributed by atoms with E-state index < -0.39 is 58.4 Å². The average Bonchev–Trinajstić information content (AvgIpc) is 3.38. The fourth-order valence-corrected chi connectivity index (χ4v) is 6.82. The minimum atomic E-state index is -1.17. The first-order valence-corrected chi connectivity index (χ1v) is 15.6. The van der Waals surface area contributed by atoms with Crippen molar-refractivity contribution >= 4 is 23.6 Å². The number of hydrogen-bond donors (Lipinski definition) is 2. The SMILES string of the molecule is CSC1C[C@]2(CC[C@H](C)N3C[C@H]2n2cc(C(=O)NCc4c(F)cc(F)cc4F)c(=O)c(OCc4ccccc4)c2C3=O)ON1. The summed E-state index contributed by atoms with van der Waals surface area (Å²) in [6.45, 7) is 1.55. The van der Waals surface area contributed by atoms with Crippen LogP contribution in [0.4, 0.5) is 13.2 Å². The lowest BCUT2D eigenvalue weighted by molar-refractivity contribution is -0.0918. The molecule has 3 aromatic rings. The van der Waals surface area contributed by atoms with Crippen molar-refractivity contribution in [3.05, 3.63) is 98.7 Å². The number of hydroxylamine groups is 1. The Kier molecular flexibility index (Phi) is 8.20. The van der Waals surface area contributed by atoms with Gasteiger partial charge in [-0.3, -0.25) is 19.2 Å². The number of ether oxygens (including phenoxy) is 1. The second-order valence-corrected chi connectivity index (χ2v) is 12.4. The monoisotopic (exact) mass is 628 g/mol. The zero-order chi connectivity index (χ0) is 31.2. The Labute approximate surface area is 255 Å². The van der Waals surface area contributed by atoms with Crippen LogP contribution in [0.1, 0.15) is 64.2 Å². The number of amides is 2. The first kappa shape index (κ1) is 30.2. The molecule has 1 aromatic heterocycles. The summed E-state index contributed by atoms with van der Waals surface area (Å²) < 4.78 is 49.7. The van der Waals surface area contributed by atoms with E-state index in [1.165, 1.54) is 6.20 Å². The number of nitrogens with one attached hydrogen (secondary N) is 2. The number of hydrogen-bond acceptors (Lipinski definition) is 7. The van der Waals surface area contributed by atoms with Gasteiger partial charge in [0.05, 0.1) is 11.4 Å². The van der Waals surface area contributed by atoms with E-state index in [1.807, 2.05) is 31.4 Å². The number of benzene rings is 2. The Balaban J connectivity index is 1.45. The highest BCUT2D eigenvalue weighted by Gasteiger charge is 2.54. The number of fused-ring (bicyclic) bond motifs is 5. The second kappa shape index (κ2) is 11.9. The molecule has 44 heavy (non-hydrogen) atoms. The molecule has 232 valence electrons. The van der Waals surface area contributed by atoms with Gasteiger partial charge in [-0.2, -0.15) is 5.48 Å². The number of thioether (sulfide) groups is 1. The molecule has 6 rings (SSSR count). The van der Waals surface area contributed by atoms with Crippen molar-refractivity contribution in [1.29, 1.82) is 0 Å². The molecule has 1 unspecified atom stereocenters. The Morgan fingerprint density at radius 2 is 1.91 bits per heavy atom. The first-order valence-electron chi connectivity index (χ1n) is 14.3. The minimum absolute atomic E-state index is 0.00520. The standard InChI is InChI=1S/C31H31F3N4O5S/c1-17-8-9-31(12-25(44-2)36-43-31)24-15-37(17)30(41)26-28(42-16-18-6-4-3-5-7-18)27(39)21(14-38(24)26)29(40)35-13-20-22(33)10-19(32)11-23(20)34/h3-7,10-11,14,17,24-25,36H,8-9,12-13,15-16H2,1-2H3,(H,35,40)/t17-,24+,25?,31-/m0/s1. The molecular formula is C31H31F3N4O5S.